The maximum Gasteiger partial charge on any atom is 0.130 e. The summed E-state index contributed by atoms with van der Waals surface area (Å²) in [6.07, 6.45) is 9.08. The van der Waals surface area contributed by atoms with Gasteiger partial charge in [0.25, 0.3) is 0 Å². The highest BCUT2D eigenvalue weighted by molar-refractivity contribution is 5.92. The van der Waals surface area contributed by atoms with Crippen LogP contribution in [-0.2, 0) is 19.3 Å². The molecule has 0 bridgehead atoms. The highest BCUT2D eigenvalue weighted by Gasteiger charge is 2.19. The molecule has 1 heterocycles. The van der Waals surface area contributed by atoms with Crippen LogP contribution in [0.15, 0.2) is 59.0 Å². The number of unbranched alkanes of at least 4 members (excludes halogenated alkanes) is 1. The summed E-state index contributed by atoms with van der Waals surface area (Å²) in [7, 11) is 0. The molecule has 2 aromatic carbocycles. The quantitative estimate of drug-likeness (QED) is 0.431. The van der Waals surface area contributed by atoms with Gasteiger partial charge in [-0.05, 0) is 70.9 Å². The molecule has 4 rings (SSSR count). The average molecular weight is 357 g/mol. The Labute approximate surface area is 162 Å². The van der Waals surface area contributed by atoms with E-state index in [2.05, 4.69) is 74.5 Å². The lowest BCUT2D eigenvalue weighted by molar-refractivity contribution is 0.495. The number of hydrogen-bond acceptors (Lipinski definition) is 1. The monoisotopic (exact) mass is 356 g/mol. The van der Waals surface area contributed by atoms with Gasteiger partial charge in [-0.1, -0.05) is 62.7 Å². The second-order valence-electron chi connectivity index (χ2n) is 7.54. The van der Waals surface area contributed by atoms with Crippen LogP contribution in [0.2, 0.25) is 0 Å². The van der Waals surface area contributed by atoms with Crippen LogP contribution in [0.4, 0.5) is 0 Å². The third kappa shape index (κ3) is 3.78. The molecule has 0 atom stereocenters. The number of furan rings is 1. The smallest absolute Gasteiger partial charge is 0.130 e. The van der Waals surface area contributed by atoms with E-state index in [1.165, 1.54) is 52.7 Å². The van der Waals surface area contributed by atoms with Gasteiger partial charge < -0.3 is 4.42 Å². The second kappa shape index (κ2) is 8.00. The van der Waals surface area contributed by atoms with Crippen LogP contribution in [0.25, 0.3) is 22.8 Å². The number of fused-ring (bicyclic) bond motifs is 1. The van der Waals surface area contributed by atoms with Gasteiger partial charge in [-0.2, -0.15) is 0 Å². The molecule has 0 amide bonds. The summed E-state index contributed by atoms with van der Waals surface area (Å²) in [5.74, 6) is 2.11. The maximum absolute atomic E-state index is 6.07. The first kappa shape index (κ1) is 17.9. The molecule has 0 saturated carbocycles. The average Bonchev–Trinajstić information content (AvgIpc) is 3.33. The van der Waals surface area contributed by atoms with Crippen molar-refractivity contribution in [3.05, 3.63) is 82.8 Å². The molecule has 0 N–H and O–H groups in total. The Morgan fingerprint density at radius 3 is 2.48 bits per heavy atom. The molecule has 0 aliphatic heterocycles. The molecule has 0 fully saturated rings. The maximum atomic E-state index is 6.07. The zero-order valence-corrected chi connectivity index (χ0v) is 16.4. The minimum atomic E-state index is 0.955. The zero-order chi connectivity index (χ0) is 18.6. The van der Waals surface area contributed by atoms with Gasteiger partial charge in [-0.3, -0.25) is 0 Å². The predicted octanol–water partition coefficient (Wildman–Crippen LogP) is 7.34. The van der Waals surface area contributed by atoms with Crippen molar-refractivity contribution in [1.29, 1.82) is 0 Å². The Kier molecular flexibility index (Phi) is 5.29. The molecule has 1 nitrogen and oxygen atoms in total. The van der Waals surface area contributed by atoms with E-state index in [1.807, 2.05) is 0 Å². The van der Waals surface area contributed by atoms with Crippen LogP contribution in [0.3, 0.4) is 0 Å². The Morgan fingerprint density at radius 2 is 1.70 bits per heavy atom. The van der Waals surface area contributed by atoms with Crippen LogP contribution < -0.4 is 0 Å². The third-order valence-corrected chi connectivity index (χ3v) is 5.45. The van der Waals surface area contributed by atoms with Gasteiger partial charge >= 0.3 is 0 Å². The van der Waals surface area contributed by atoms with Crippen LogP contribution >= 0.6 is 0 Å². The number of aryl methyl sites for hydroxylation is 2. The van der Waals surface area contributed by atoms with Gasteiger partial charge in [0.2, 0.25) is 0 Å². The van der Waals surface area contributed by atoms with Gasteiger partial charge in [-0.25, -0.2) is 0 Å². The number of benzene rings is 2. The summed E-state index contributed by atoms with van der Waals surface area (Å²) in [5.41, 5.74) is 8.09. The number of hydrogen-bond donors (Lipinski definition) is 0. The van der Waals surface area contributed by atoms with E-state index in [1.54, 1.807) is 0 Å². The topological polar surface area (TPSA) is 13.1 Å². The van der Waals surface area contributed by atoms with E-state index >= 15 is 0 Å². The van der Waals surface area contributed by atoms with Crippen molar-refractivity contribution >= 4 is 11.6 Å². The zero-order valence-electron chi connectivity index (χ0n) is 16.4. The first-order valence-electron chi connectivity index (χ1n) is 10.3. The van der Waals surface area contributed by atoms with E-state index in [4.69, 9.17) is 4.42 Å². The summed E-state index contributed by atoms with van der Waals surface area (Å²) in [4.78, 5) is 0. The van der Waals surface area contributed by atoms with Gasteiger partial charge in [0, 0.05) is 12.8 Å². The lowest BCUT2D eigenvalue weighted by Crippen LogP contribution is -1.89. The molecular weight excluding hydrogens is 328 g/mol. The highest BCUT2D eigenvalue weighted by Crippen LogP contribution is 2.38. The molecule has 27 heavy (non-hydrogen) atoms. The van der Waals surface area contributed by atoms with Crippen molar-refractivity contribution in [1.82, 2.24) is 0 Å². The van der Waals surface area contributed by atoms with Crippen molar-refractivity contribution in [2.45, 2.75) is 52.4 Å². The Hall–Kier alpha value is -2.54. The van der Waals surface area contributed by atoms with Crippen molar-refractivity contribution in [2.24, 2.45) is 0 Å². The molecule has 138 valence electrons. The van der Waals surface area contributed by atoms with Gasteiger partial charge in [0.1, 0.15) is 11.5 Å². The van der Waals surface area contributed by atoms with Crippen LogP contribution in [-0.4, -0.2) is 0 Å². The summed E-state index contributed by atoms with van der Waals surface area (Å²) in [6, 6.07) is 20.0. The molecule has 0 radical (unpaired) electrons. The predicted molar refractivity (Wildman–Crippen MR) is 115 cm³/mol. The first-order chi connectivity index (χ1) is 13.3. The number of rotatable bonds is 7. The largest absolute Gasteiger partial charge is 0.461 e. The lowest BCUT2D eigenvalue weighted by Gasteiger charge is -2.09. The minimum absolute atomic E-state index is 0.955. The molecule has 1 heteroatoms. The summed E-state index contributed by atoms with van der Waals surface area (Å²) < 4.78 is 6.07. The van der Waals surface area contributed by atoms with Gasteiger partial charge in [0.05, 0.1) is 0 Å². The Balaban J connectivity index is 1.62. The fourth-order valence-electron chi connectivity index (χ4n) is 3.94. The Morgan fingerprint density at radius 1 is 0.852 bits per heavy atom. The Bertz CT molecular complexity index is 941. The number of allylic oxidation sites excluding steroid dienone is 1. The lowest BCUT2D eigenvalue weighted by atomic mass is 9.96. The van der Waals surface area contributed by atoms with E-state index < -0.39 is 0 Å². The molecule has 1 aliphatic carbocycles. The molecule has 1 aromatic heterocycles. The molecular formula is C26H28O. The van der Waals surface area contributed by atoms with Gasteiger partial charge in [0.15, 0.2) is 0 Å². The third-order valence-electron chi connectivity index (χ3n) is 5.45. The van der Waals surface area contributed by atoms with E-state index in [0.717, 1.165) is 30.8 Å². The molecule has 1 aliphatic rings. The van der Waals surface area contributed by atoms with E-state index in [9.17, 15) is 0 Å². The summed E-state index contributed by atoms with van der Waals surface area (Å²) in [5, 5.41) is 0. The molecule has 3 aromatic rings. The normalized spacial score (nSPS) is 12.9. The minimum Gasteiger partial charge on any atom is -0.461 e. The van der Waals surface area contributed by atoms with Crippen molar-refractivity contribution < 1.29 is 4.42 Å². The van der Waals surface area contributed by atoms with Crippen LogP contribution in [0.5, 0.6) is 0 Å². The second-order valence-corrected chi connectivity index (χ2v) is 7.54. The summed E-state index contributed by atoms with van der Waals surface area (Å²) in [6.45, 7) is 4.43. The molecule has 0 unspecified atom stereocenters. The highest BCUT2D eigenvalue weighted by atomic mass is 16.3. The van der Waals surface area contributed by atoms with E-state index in [-0.39, 0.29) is 0 Å². The van der Waals surface area contributed by atoms with Crippen molar-refractivity contribution in [3.8, 4) is 11.1 Å². The van der Waals surface area contributed by atoms with Gasteiger partial charge in [-0.15, -0.1) is 0 Å². The fourth-order valence-corrected chi connectivity index (χ4v) is 3.94. The van der Waals surface area contributed by atoms with Crippen molar-refractivity contribution in [3.63, 3.8) is 0 Å². The molecule has 0 spiro atoms. The SMILES string of the molecule is CCCCc1ccc(-c2cccc3c2C=C(c2ccc(CCC)o2)C3)cc1. The summed E-state index contributed by atoms with van der Waals surface area (Å²) >= 11 is 0. The van der Waals surface area contributed by atoms with Crippen LogP contribution in [0.1, 0.15) is 61.3 Å². The van der Waals surface area contributed by atoms with Crippen LogP contribution in [0, 0.1) is 0 Å². The van der Waals surface area contributed by atoms with Crippen molar-refractivity contribution in [2.75, 3.05) is 0 Å². The molecule has 0 saturated heterocycles. The standard InChI is InChI=1S/C26H28O/c1-3-5-8-19-11-13-20(14-12-19)24-10-6-9-21-17-22(18-25(21)24)26-16-15-23(27-26)7-4-2/h6,9-16,18H,3-5,7-8,17H2,1-2H3. The fraction of sp³-hybridized carbons (Fsp3) is 0.308. The first-order valence-corrected chi connectivity index (χ1v) is 10.3. The van der Waals surface area contributed by atoms with E-state index in [0.29, 0.717) is 0 Å².